The van der Waals surface area contributed by atoms with Gasteiger partial charge in [-0.25, -0.2) is 0 Å². The van der Waals surface area contributed by atoms with Crippen LogP contribution in [0.3, 0.4) is 0 Å². The average Bonchev–Trinajstić information content (AvgIpc) is 2.17. The van der Waals surface area contributed by atoms with Crippen molar-refractivity contribution in [1.29, 1.82) is 0 Å². The van der Waals surface area contributed by atoms with Crippen molar-refractivity contribution < 1.29 is 18.5 Å². The van der Waals surface area contributed by atoms with Crippen LogP contribution in [0.2, 0.25) is 0 Å². The van der Waals surface area contributed by atoms with E-state index in [4.69, 9.17) is 0 Å². The van der Waals surface area contributed by atoms with Crippen molar-refractivity contribution in [2.75, 3.05) is 0 Å². The molecular weight excluding hydrogens is 203 g/mol. The summed E-state index contributed by atoms with van der Waals surface area (Å²) in [6.07, 6.45) is -3.52. The number of benzene rings is 1. The molecule has 0 saturated heterocycles. The zero-order chi connectivity index (χ0) is 11.5. The zero-order valence-corrected chi connectivity index (χ0v) is 8.51. The number of hydrogen-bond acceptors (Lipinski definition) is 0. The van der Waals surface area contributed by atoms with E-state index in [9.17, 15) is 13.2 Å². The Morgan fingerprint density at radius 1 is 1.27 bits per heavy atom. The van der Waals surface area contributed by atoms with Gasteiger partial charge >= 0.3 is 6.18 Å². The molecule has 0 spiro atoms. The van der Waals surface area contributed by atoms with Gasteiger partial charge in [0.25, 0.3) is 0 Å². The van der Waals surface area contributed by atoms with E-state index in [0.717, 1.165) is 24.1 Å². The highest BCUT2D eigenvalue weighted by Crippen LogP contribution is 2.29. The molecule has 2 N–H and O–H groups in total. The van der Waals surface area contributed by atoms with Crippen LogP contribution >= 0.6 is 0 Å². The normalized spacial score (nSPS) is 13.9. The van der Waals surface area contributed by atoms with Crippen LogP contribution in [0.1, 0.15) is 18.1 Å². The molecular formula is C11H14F3N. The monoisotopic (exact) mass is 217 g/mol. The van der Waals surface area contributed by atoms with Gasteiger partial charge < -0.3 is 5.32 Å². The molecule has 1 unspecified atom stereocenters. The summed E-state index contributed by atoms with van der Waals surface area (Å²) in [5, 5.41) is 1.79. The zero-order valence-electron chi connectivity index (χ0n) is 8.51. The molecule has 0 aliphatic heterocycles. The Hall–Kier alpha value is -1.03. The fraction of sp³-hybridized carbons (Fsp3) is 0.364. The van der Waals surface area contributed by atoms with Gasteiger partial charge in [-0.2, -0.15) is 20.2 Å². The van der Waals surface area contributed by atoms with Crippen LogP contribution in [0.15, 0.2) is 24.3 Å². The van der Waals surface area contributed by atoms with Crippen LogP contribution in [0.25, 0.3) is 0 Å². The summed E-state index contributed by atoms with van der Waals surface area (Å²) in [6, 6.07) is 5.55. The summed E-state index contributed by atoms with van der Waals surface area (Å²) >= 11 is 0. The second kappa shape index (κ2) is 4.66. The fourth-order valence-corrected chi connectivity index (χ4v) is 1.28. The summed E-state index contributed by atoms with van der Waals surface area (Å²) in [4.78, 5) is 0. The van der Waals surface area contributed by atoms with Gasteiger partial charge in [-0.1, -0.05) is 12.1 Å². The highest BCUT2D eigenvalue weighted by Gasteiger charge is 2.29. The summed E-state index contributed by atoms with van der Waals surface area (Å²) in [5.74, 6) is 0. The summed E-state index contributed by atoms with van der Waals surface area (Å²) < 4.78 is 36.7. The van der Waals surface area contributed by atoms with Crippen LogP contribution in [0, 0.1) is 7.05 Å². The van der Waals surface area contributed by atoms with Crippen molar-refractivity contribution in [1.82, 2.24) is 0 Å². The molecule has 0 radical (unpaired) electrons. The highest BCUT2D eigenvalue weighted by atomic mass is 19.4. The summed E-state index contributed by atoms with van der Waals surface area (Å²) in [6.45, 7) is 1.98. The maximum atomic E-state index is 12.2. The molecule has 1 atom stereocenters. The molecule has 1 aromatic rings. The van der Waals surface area contributed by atoms with Crippen LogP contribution < -0.4 is 5.32 Å². The van der Waals surface area contributed by atoms with Gasteiger partial charge in [0.05, 0.1) is 11.6 Å². The van der Waals surface area contributed by atoms with Gasteiger partial charge in [-0.05, 0) is 24.6 Å². The number of hydrogen-bond donors (Lipinski definition) is 1. The SMILES string of the molecule is [CH2-][NH2+]C(C)Cc1ccc(C(F)(F)F)cc1. The topological polar surface area (TPSA) is 16.6 Å². The lowest BCUT2D eigenvalue weighted by atomic mass is 10.1. The number of alkyl halides is 3. The fourth-order valence-electron chi connectivity index (χ4n) is 1.28. The van der Waals surface area contributed by atoms with Crippen molar-refractivity contribution in [3.8, 4) is 0 Å². The van der Waals surface area contributed by atoms with Crippen molar-refractivity contribution in [2.45, 2.75) is 25.6 Å². The van der Waals surface area contributed by atoms with Gasteiger partial charge in [0.15, 0.2) is 0 Å². The molecule has 0 bridgehead atoms. The first-order valence-electron chi connectivity index (χ1n) is 4.72. The molecule has 1 nitrogen and oxygen atoms in total. The Bertz CT molecular complexity index is 303. The van der Waals surface area contributed by atoms with Crippen LogP contribution in [0.5, 0.6) is 0 Å². The van der Waals surface area contributed by atoms with E-state index in [2.05, 4.69) is 7.05 Å². The minimum absolute atomic E-state index is 0.279. The highest BCUT2D eigenvalue weighted by molar-refractivity contribution is 5.24. The summed E-state index contributed by atoms with van der Waals surface area (Å²) in [7, 11) is 3.63. The Balaban J connectivity index is 2.73. The van der Waals surface area contributed by atoms with E-state index >= 15 is 0 Å². The lowest BCUT2D eigenvalue weighted by Crippen LogP contribution is -2.83. The quantitative estimate of drug-likeness (QED) is 0.746. The molecule has 0 fully saturated rings. The summed E-state index contributed by atoms with van der Waals surface area (Å²) in [5.41, 5.74) is 0.299. The van der Waals surface area contributed by atoms with E-state index in [-0.39, 0.29) is 6.04 Å². The smallest absolute Gasteiger partial charge is 0.416 e. The van der Waals surface area contributed by atoms with E-state index in [1.54, 1.807) is 5.32 Å². The molecule has 1 aromatic carbocycles. The van der Waals surface area contributed by atoms with Crippen molar-refractivity contribution in [3.63, 3.8) is 0 Å². The third kappa shape index (κ3) is 3.55. The third-order valence-corrected chi connectivity index (χ3v) is 2.24. The van der Waals surface area contributed by atoms with Gasteiger partial charge in [-0.15, -0.1) is 0 Å². The maximum absolute atomic E-state index is 12.2. The Morgan fingerprint density at radius 2 is 1.80 bits per heavy atom. The lowest BCUT2D eigenvalue weighted by molar-refractivity contribution is -0.629. The van der Waals surface area contributed by atoms with Crippen LogP contribution in [0.4, 0.5) is 13.2 Å². The van der Waals surface area contributed by atoms with Crippen molar-refractivity contribution >= 4 is 0 Å². The molecule has 0 aromatic heterocycles. The first kappa shape index (κ1) is 12.0. The van der Waals surface area contributed by atoms with E-state index in [1.807, 2.05) is 6.92 Å². The number of rotatable bonds is 3. The Morgan fingerprint density at radius 3 is 2.20 bits per heavy atom. The number of nitrogens with two attached hydrogens (primary N) is 1. The predicted octanol–water partition coefficient (Wildman–Crippen LogP) is 1.99. The largest absolute Gasteiger partial charge is 0.476 e. The molecule has 0 heterocycles. The number of quaternary nitrogens is 1. The molecule has 1 rings (SSSR count). The van der Waals surface area contributed by atoms with Crippen LogP contribution in [-0.2, 0) is 12.6 Å². The molecule has 0 amide bonds. The Labute approximate surface area is 87.3 Å². The molecule has 84 valence electrons. The average molecular weight is 217 g/mol. The molecule has 0 aliphatic rings. The second-order valence-electron chi connectivity index (χ2n) is 3.61. The molecule has 0 aliphatic carbocycles. The third-order valence-electron chi connectivity index (χ3n) is 2.24. The van der Waals surface area contributed by atoms with Crippen molar-refractivity contribution in [3.05, 3.63) is 42.4 Å². The lowest BCUT2D eigenvalue weighted by Gasteiger charge is -2.12. The van der Waals surface area contributed by atoms with Gasteiger partial charge in [0, 0.05) is 6.42 Å². The first-order chi connectivity index (χ1) is 6.93. The Kier molecular flexibility index (Phi) is 3.74. The molecule has 0 saturated carbocycles. The van der Waals surface area contributed by atoms with Gasteiger partial charge in [0.1, 0.15) is 0 Å². The van der Waals surface area contributed by atoms with Crippen molar-refractivity contribution in [2.24, 2.45) is 0 Å². The van der Waals surface area contributed by atoms with E-state index in [0.29, 0.717) is 0 Å². The molecule has 15 heavy (non-hydrogen) atoms. The van der Waals surface area contributed by atoms with E-state index < -0.39 is 11.7 Å². The van der Waals surface area contributed by atoms with Gasteiger partial charge in [0.2, 0.25) is 0 Å². The minimum atomic E-state index is -4.25. The van der Waals surface area contributed by atoms with Gasteiger partial charge in [-0.3, -0.25) is 0 Å². The maximum Gasteiger partial charge on any atom is 0.416 e. The first-order valence-corrected chi connectivity index (χ1v) is 4.72. The second-order valence-corrected chi connectivity index (χ2v) is 3.61. The minimum Gasteiger partial charge on any atom is -0.476 e. The number of halogens is 3. The predicted molar refractivity (Wildman–Crippen MR) is 51.9 cm³/mol. The van der Waals surface area contributed by atoms with E-state index in [1.165, 1.54) is 12.1 Å². The molecule has 4 heteroatoms. The van der Waals surface area contributed by atoms with Crippen LogP contribution in [-0.4, -0.2) is 6.04 Å². The standard InChI is InChI=1S/C11H14F3N/c1-8(15-2)7-9-3-5-10(6-4-9)11(12,13)14/h3-6,8H,2,7,15H2,1H3.